The van der Waals surface area contributed by atoms with E-state index >= 15 is 0 Å². The van der Waals surface area contributed by atoms with E-state index in [1.54, 1.807) is 18.2 Å². The van der Waals surface area contributed by atoms with E-state index in [-0.39, 0.29) is 0 Å². The van der Waals surface area contributed by atoms with Crippen LogP contribution in [0.5, 0.6) is 0 Å². The Bertz CT molecular complexity index is 839. The fourth-order valence-corrected chi connectivity index (χ4v) is 2.32. The maximum absolute atomic E-state index is 12.5. The smallest absolute Gasteiger partial charge is 0.185 e. The summed E-state index contributed by atoms with van der Waals surface area (Å²) < 4.78 is 22.0. The molecule has 1 heterocycles. The summed E-state index contributed by atoms with van der Waals surface area (Å²) in [5, 5.41) is 9.46. The largest absolute Gasteiger partial charge is 0.360 e. The molecule has 0 aliphatic carbocycles. The van der Waals surface area contributed by atoms with E-state index in [0.29, 0.717) is 22.0 Å². The van der Waals surface area contributed by atoms with Gasteiger partial charge in [0, 0.05) is 28.9 Å². The minimum absolute atomic E-state index is 0.319. The summed E-state index contributed by atoms with van der Waals surface area (Å²) in [5.74, 6) is -0.462. The van der Waals surface area contributed by atoms with Crippen LogP contribution in [0.2, 0.25) is 0 Å². The van der Waals surface area contributed by atoms with Gasteiger partial charge in [-0.2, -0.15) is 5.26 Å². The Hall–Kier alpha value is -2.13. The second-order valence-electron chi connectivity index (χ2n) is 5.19. The first kappa shape index (κ1) is 14.3. The summed E-state index contributed by atoms with van der Waals surface area (Å²) in [7, 11) is -3.52. The van der Waals surface area contributed by atoms with Crippen LogP contribution in [0.1, 0.15) is 29.8 Å². The van der Waals surface area contributed by atoms with Crippen LogP contribution in [0.15, 0.2) is 24.4 Å². The molecule has 0 fully saturated rings. The predicted octanol–water partition coefficient (Wildman–Crippen LogP) is 2.05. The maximum atomic E-state index is 12.5. The number of sulfone groups is 1. The highest BCUT2D eigenvalue weighted by Crippen LogP contribution is 2.27. The Labute approximate surface area is 117 Å². The standard InChI is InChI=1S/C14H14N2O3S/c1-14(2,20(3,18)19)13(17)11-8-16-12-6-9(7-15)4-5-10(11)12/h4-6,8,16H,1-3H3. The normalized spacial score (nSPS) is 12.3. The molecule has 0 unspecified atom stereocenters. The zero-order valence-corrected chi connectivity index (χ0v) is 12.2. The molecule has 0 saturated heterocycles. The van der Waals surface area contributed by atoms with Crippen LogP contribution < -0.4 is 0 Å². The number of aromatic nitrogens is 1. The summed E-state index contributed by atoms with van der Waals surface area (Å²) >= 11 is 0. The van der Waals surface area contributed by atoms with Crippen molar-refractivity contribution in [2.45, 2.75) is 18.6 Å². The Morgan fingerprint density at radius 1 is 1.35 bits per heavy atom. The molecule has 0 atom stereocenters. The molecular formula is C14H14N2O3S. The van der Waals surface area contributed by atoms with E-state index in [2.05, 4.69) is 4.98 Å². The average Bonchev–Trinajstić information content (AvgIpc) is 2.78. The fourth-order valence-electron chi connectivity index (χ4n) is 1.88. The van der Waals surface area contributed by atoms with E-state index in [4.69, 9.17) is 5.26 Å². The second kappa shape index (κ2) is 4.46. The lowest BCUT2D eigenvalue weighted by Crippen LogP contribution is -2.39. The monoisotopic (exact) mass is 290 g/mol. The molecule has 2 rings (SSSR count). The van der Waals surface area contributed by atoms with Crippen molar-refractivity contribution in [2.24, 2.45) is 0 Å². The van der Waals surface area contributed by atoms with Gasteiger partial charge in [0.2, 0.25) is 0 Å². The van der Waals surface area contributed by atoms with Gasteiger partial charge in [0.25, 0.3) is 0 Å². The van der Waals surface area contributed by atoms with Crippen molar-refractivity contribution in [2.75, 3.05) is 6.26 Å². The third-order valence-corrected chi connectivity index (χ3v) is 5.57. The fraction of sp³-hybridized carbons (Fsp3) is 0.286. The van der Waals surface area contributed by atoms with Crippen LogP contribution in [-0.2, 0) is 9.84 Å². The number of nitriles is 1. The third kappa shape index (κ3) is 2.10. The van der Waals surface area contributed by atoms with E-state index in [9.17, 15) is 13.2 Å². The number of Topliss-reactive ketones (excluding diaryl/α,β-unsaturated/α-hetero) is 1. The average molecular weight is 290 g/mol. The molecule has 0 radical (unpaired) electrons. The highest BCUT2D eigenvalue weighted by atomic mass is 32.2. The van der Waals surface area contributed by atoms with E-state index in [1.807, 2.05) is 6.07 Å². The Morgan fingerprint density at radius 3 is 2.55 bits per heavy atom. The van der Waals surface area contributed by atoms with E-state index in [1.165, 1.54) is 20.0 Å². The van der Waals surface area contributed by atoms with Crippen molar-refractivity contribution in [1.82, 2.24) is 4.98 Å². The van der Waals surface area contributed by atoms with Crippen LogP contribution in [0.3, 0.4) is 0 Å². The molecule has 0 aliphatic heterocycles. The molecule has 5 nitrogen and oxygen atoms in total. The van der Waals surface area contributed by atoms with Gasteiger partial charge in [-0.05, 0) is 26.0 Å². The first-order chi connectivity index (χ1) is 9.18. The molecule has 0 amide bonds. The van der Waals surface area contributed by atoms with Crippen LogP contribution in [0.25, 0.3) is 10.9 Å². The molecule has 0 saturated carbocycles. The highest BCUT2D eigenvalue weighted by molar-refractivity contribution is 7.92. The number of nitrogens with one attached hydrogen (secondary N) is 1. The molecule has 1 aromatic heterocycles. The minimum Gasteiger partial charge on any atom is -0.360 e. The van der Waals surface area contributed by atoms with Gasteiger partial charge in [0.15, 0.2) is 15.6 Å². The van der Waals surface area contributed by atoms with Crippen molar-refractivity contribution in [3.63, 3.8) is 0 Å². The summed E-state index contributed by atoms with van der Waals surface area (Å²) in [4.78, 5) is 15.4. The SMILES string of the molecule is CC(C)(C(=O)c1c[nH]c2cc(C#N)ccc12)S(C)(=O)=O. The first-order valence-corrected chi connectivity index (χ1v) is 7.83. The van der Waals surface area contributed by atoms with Crippen LogP contribution in [0.4, 0.5) is 0 Å². The van der Waals surface area contributed by atoms with E-state index in [0.717, 1.165) is 6.26 Å². The number of benzene rings is 1. The minimum atomic E-state index is -3.52. The van der Waals surface area contributed by atoms with Crippen molar-refractivity contribution < 1.29 is 13.2 Å². The number of carbonyl (C=O) groups is 1. The first-order valence-electron chi connectivity index (χ1n) is 5.94. The van der Waals surface area contributed by atoms with Crippen molar-refractivity contribution >= 4 is 26.5 Å². The molecule has 6 heteroatoms. The number of carbonyl (C=O) groups excluding carboxylic acids is 1. The van der Waals surface area contributed by atoms with Gasteiger partial charge < -0.3 is 4.98 Å². The van der Waals surface area contributed by atoms with Gasteiger partial charge in [-0.1, -0.05) is 6.07 Å². The second-order valence-corrected chi connectivity index (χ2v) is 7.75. The lowest BCUT2D eigenvalue weighted by atomic mass is 9.99. The third-order valence-electron chi connectivity index (χ3n) is 3.53. The van der Waals surface area contributed by atoms with Crippen LogP contribution in [0, 0.1) is 11.3 Å². The number of hydrogen-bond acceptors (Lipinski definition) is 4. The van der Waals surface area contributed by atoms with Crippen molar-refractivity contribution in [3.8, 4) is 6.07 Å². The van der Waals surface area contributed by atoms with Gasteiger partial charge in [-0.25, -0.2) is 8.42 Å². The quantitative estimate of drug-likeness (QED) is 0.876. The number of fused-ring (bicyclic) bond motifs is 1. The lowest BCUT2D eigenvalue weighted by molar-refractivity contribution is 0.0956. The van der Waals surface area contributed by atoms with E-state index < -0.39 is 20.4 Å². The van der Waals surface area contributed by atoms with Gasteiger partial charge in [-0.3, -0.25) is 4.79 Å². The molecule has 0 spiro atoms. The summed E-state index contributed by atoms with van der Waals surface area (Å²) in [6.45, 7) is 2.79. The molecule has 0 bridgehead atoms. The zero-order valence-electron chi connectivity index (χ0n) is 11.4. The highest BCUT2D eigenvalue weighted by Gasteiger charge is 2.39. The van der Waals surface area contributed by atoms with Crippen molar-refractivity contribution in [3.05, 3.63) is 35.5 Å². The molecule has 0 aliphatic rings. The molecule has 2 aromatic rings. The number of nitrogens with zero attached hydrogens (tertiary/aromatic N) is 1. The number of rotatable bonds is 3. The number of hydrogen-bond donors (Lipinski definition) is 1. The lowest BCUT2D eigenvalue weighted by Gasteiger charge is -2.20. The molecular weight excluding hydrogens is 276 g/mol. The number of H-pyrrole nitrogens is 1. The Morgan fingerprint density at radius 2 is 2.00 bits per heavy atom. The van der Waals surface area contributed by atoms with Gasteiger partial charge >= 0.3 is 0 Å². The maximum Gasteiger partial charge on any atom is 0.185 e. The van der Waals surface area contributed by atoms with Crippen LogP contribution >= 0.6 is 0 Å². The topological polar surface area (TPSA) is 90.8 Å². The molecule has 20 heavy (non-hydrogen) atoms. The van der Waals surface area contributed by atoms with Gasteiger partial charge in [0.05, 0.1) is 11.6 Å². The van der Waals surface area contributed by atoms with Crippen molar-refractivity contribution in [1.29, 1.82) is 5.26 Å². The zero-order chi connectivity index (χ0) is 15.1. The van der Waals surface area contributed by atoms with Crippen LogP contribution in [-0.4, -0.2) is 30.2 Å². The van der Waals surface area contributed by atoms with Gasteiger partial charge in [-0.15, -0.1) is 0 Å². The summed E-state index contributed by atoms with van der Waals surface area (Å²) in [6, 6.07) is 6.88. The van der Waals surface area contributed by atoms with Gasteiger partial charge in [0.1, 0.15) is 4.75 Å². The summed E-state index contributed by atoms with van der Waals surface area (Å²) in [6.07, 6.45) is 2.54. The predicted molar refractivity (Wildman–Crippen MR) is 76.3 cm³/mol. The Balaban J connectivity index is 2.61. The number of aromatic amines is 1. The molecule has 1 aromatic carbocycles. The molecule has 1 N–H and O–H groups in total. The number of ketones is 1. The summed E-state index contributed by atoms with van der Waals surface area (Å²) in [5.41, 5.74) is 1.43. The molecule has 104 valence electrons. The Kier molecular flexibility index (Phi) is 3.18.